The number of hydrogen-bond acceptors (Lipinski definition) is 0. The molecule has 0 radical (unpaired) electrons. The molecule has 9 rings (SSSR count). The highest BCUT2D eigenvalue weighted by Gasteiger charge is 2.38. The van der Waals surface area contributed by atoms with Crippen LogP contribution in [0.5, 0.6) is 0 Å². The molecule has 6 atom stereocenters. The highest BCUT2D eigenvalue weighted by Crippen LogP contribution is 2.46. The number of allylic oxidation sites excluding steroid dienone is 4. The summed E-state index contributed by atoms with van der Waals surface area (Å²) < 4.78 is 0. The molecule has 0 saturated carbocycles. The molecule has 0 N–H and O–H groups in total. The molecule has 0 heteroatoms. The molecule has 4 aliphatic carbocycles. The second-order valence-electron chi connectivity index (χ2n) is 21.4. The number of hydrogen-bond donors (Lipinski definition) is 0. The fraction of sp³-hybridized carbons (Fsp3) is 0.379. The fourth-order valence-electron chi connectivity index (χ4n) is 11.1. The van der Waals surface area contributed by atoms with Crippen LogP contribution in [-0.2, 0) is 17.3 Å². The topological polar surface area (TPSA) is 0 Å². The van der Waals surface area contributed by atoms with Gasteiger partial charge in [0.05, 0.1) is 0 Å². The van der Waals surface area contributed by atoms with E-state index in [0.29, 0.717) is 23.7 Å². The fourth-order valence-corrected chi connectivity index (χ4v) is 11.1. The van der Waals surface area contributed by atoms with Crippen LogP contribution < -0.4 is 20.9 Å². The van der Waals surface area contributed by atoms with Gasteiger partial charge in [0.2, 0.25) is 0 Å². The molecular formula is C58H64. The molecule has 58 heavy (non-hydrogen) atoms. The molecule has 0 aromatic heterocycles. The van der Waals surface area contributed by atoms with E-state index in [9.17, 15) is 0 Å². The molecule has 0 bridgehead atoms. The van der Waals surface area contributed by atoms with Gasteiger partial charge in [-0.2, -0.15) is 0 Å². The molecule has 0 spiro atoms. The second kappa shape index (κ2) is 14.3. The van der Waals surface area contributed by atoms with Crippen molar-refractivity contribution in [1.29, 1.82) is 0 Å². The summed E-state index contributed by atoms with van der Waals surface area (Å²) in [6.45, 7) is 23.7. The van der Waals surface area contributed by atoms with Gasteiger partial charge < -0.3 is 0 Å². The summed E-state index contributed by atoms with van der Waals surface area (Å²) >= 11 is 0. The van der Waals surface area contributed by atoms with Crippen molar-refractivity contribution in [2.45, 2.75) is 111 Å². The van der Waals surface area contributed by atoms with Crippen LogP contribution >= 0.6 is 0 Å². The lowest BCUT2D eigenvalue weighted by molar-refractivity contribution is 0.274. The predicted molar refractivity (Wildman–Crippen MR) is 250 cm³/mol. The van der Waals surface area contributed by atoms with Crippen LogP contribution in [0.25, 0.3) is 34.1 Å². The van der Waals surface area contributed by atoms with Crippen LogP contribution in [-0.4, -0.2) is 0 Å². The Morgan fingerprint density at radius 1 is 0.655 bits per heavy atom. The third-order valence-corrected chi connectivity index (χ3v) is 14.6. The predicted octanol–water partition coefficient (Wildman–Crippen LogP) is 11.9. The zero-order valence-electron chi connectivity index (χ0n) is 36.8. The van der Waals surface area contributed by atoms with E-state index in [1.54, 1.807) is 11.1 Å². The second-order valence-corrected chi connectivity index (χ2v) is 21.4. The van der Waals surface area contributed by atoms with Crippen molar-refractivity contribution < 1.29 is 0 Å². The molecular weight excluding hydrogens is 697 g/mol. The molecule has 0 aliphatic heterocycles. The lowest BCUT2D eigenvalue weighted by Gasteiger charge is -2.39. The lowest BCUT2D eigenvalue weighted by Crippen LogP contribution is -2.43. The zero-order valence-corrected chi connectivity index (χ0v) is 36.8. The van der Waals surface area contributed by atoms with Gasteiger partial charge >= 0.3 is 0 Å². The maximum Gasteiger partial charge on any atom is 0.0134 e. The van der Waals surface area contributed by atoms with Crippen molar-refractivity contribution in [3.05, 3.63) is 176 Å². The van der Waals surface area contributed by atoms with Crippen LogP contribution in [0.4, 0.5) is 0 Å². The minimum atomic E-state index is 0.116. The van der Waals surface area contributed by atoms with E-state index in [2.05, 4.69) is 203 Å². The summed E-state index contributed by atoms with van der Waals surface area (Å²) in [4.78, 5) is 0. The van der Waals surface area contributed by atoms with Gasteiger partial charge in [0.25, 0.3) is 0 Å². The molecule has 4 aliphatic rings. The summed E-state index contributed by atoms with van der Waals surface area (Å²) in [5, 5.41) is 8.68. The Bertz CT molecular complexity index is 2710. The van der Waals surface area contributed by atoms with Crippen molar-refractivity contribution in [1.82, 2.24) is 0 Å². The molecule has 0 fully saturated rings. The number of benzene rings is 5. The Morgan fingerprint density at radius 3 is 1.93 bits per heavy atom. The van der Waals surface area contributed by atoms with Gasteiger partial charge in [-0.3, -0.25) is 0 Å². The average molecular weight is 761 g/mol. The first kappa shape index (κ1) is 38.8. The lowest BCUT2D eigenvalue weighted by atomic mass is 9.64. The highest BCUT2D eigenvalue weighted by molar-refractivity contribution is 5.93. The van der Waals surface area contributed by atoms with E-state index in [1.165, 1.54) is 71.5 Å². The third-order valence-electron chi connectivity index (χ3n) is 14.6. The Labute approximate surface area is 348 Å². The maximum absolute atomic E-state index is 2.63. The van der Waals surface area contributed by atoms with Gasteiger partial charge in [-0.15, -0.1) is 0 Å². The van der Waals surface area contributed by atoms with Gasteiger partial charge in [-0.25, -0.2) is 0 Å². The monoisotopic (exact) mass is 761 g/mol. The van der Waals surface area contributed by atoms with Gasteiger partial charge in [-0.1, -0.05) is 208 Å². The van der Waals surface area contributed by atoms with Crippen LogP contribution in [0.15, 0.2) is 121 Å². The summed E-state index contributed by atoms with van der Waals surface area (Å²) in [5.74, 6) is 2.38. The van der Waals surface area contributed by atoms with Crippen molar-refractivity contribution in [3.8, 4) is 0 Å². The smallest absolute Gasteiger partial charge is 0.0134 e. The minimum absolute atomic E-state index is 0.116. The Kier molecular flexibility index (Phi) is 9.54. The van der Waals surface area contributed by atoms with Crippen LogP contribution in [0.1, 0.15) is 127 Å². The zero-order chi connectivity index (χ0) is 40.7. The van der Waals surface area contributed by atoms with E-state index < -0.39 is 0 Å². The van der Waals surface area contributed by atoms with Crippen molar-refractivity contribution in [2.24, 2.45) is 29.1 Å². The van der Waals surface area contributed by atoms with E-state index in [-0.39, 0.29) is 28.1 Å². The first-order chi connectivity index (χ1) is 27.6. The van der Waals surface area contributed by atoms with E-state index in [0.717, 1.165) is 12.8 Å². The van der Waals surface area contributed by atoms with Crippen LogP contribution in [0.2, 0.25) is 0 Å². The Balaban J connectivity index is 1.25. The van der Waals surface area contributed by atoms with E-state index in [4.69, 9.17) is 0 Å². The first-order valence-corrected chi connectivity index (χ1v) is 22.2. The molecule has 0 heterocycles. The molecule has 6 unspecified atom stereocenters. The molecule has 0 saturated heterocycles. The van der Waals surface area contributed by atoms with Crippen LogP contribution in [0, 0.1) is 29.1 Å². The molecule has 5 aromatic carbocycles. The van der Waals surface area contributed by atoms with Crippen molar-refractivity contribution in [2.75, 3.05) is 0 Å². The average Bonchev–Trinajstić information content (AvgIpc) is 3.20. The SMILES string of the molecule is CC(C1=c2ccccc2=C(c2ccc3ccc4c5c3c2=CCC5CC(C(C)(C)C)C=4)C2C=CC=CC12)C(Cc1ccc(C(C)(C)C)cc1)c1ccc(C(C)(C)C)cc1. The summed E-state index contributed by atoms with van der Waals surface area (Å²) in [6, 6.07) is 38.3. The first-order valence-electron chi connectivity index (χ1n) is 22.2. The number of fused-ring (bicyclic) bond motifs is 2. The van der Waals surface area contributed by atoms with Gasteiger partial charge in [-0.05, 0) is 130 Å². The third kappa shape index (κ3) is 6.79. The summed E-state index contributed by atoms with van der Waals surface area (Å²) in [6.07, 6.45) is 18.3. The molecule has 296 valence electrons. The molecule has 0 nitrogen and oxygen atoms in total. The highest BCUT2D eigenvalue weighted by atomic mass is 14.4. The molecule has 5 aromatic rings. The van der Waals surface area contributed by atoms with E-state index >= 15 is 0 Å². The summed E-state index contributed by atoms with van der Waals surface area (Å²) in [5.41, 5.74) is 12.3. The van der Waals surface area contributed by atoms with Crippen LogP contribution in [0.3, 0.4) is 0 Å². The van der Waals surface area contributed by atoms with Crippen molar-refractivity contribution >= 4 is 34.1 Å². The Hall–Kier alpha value is -4.68. The summed E-state index contributed by atoms with van der Waals surface area (Å²) in [7, 11) is 0. The van der Waals surface area contributed by atoms with Crippen molar-refractivity contribution in [3.63, 3.8) is 0 Å². The minimum Gasteiger partial charge on any atom is -0.0764 e. The molecule has 0 amide bonds. The normalized spacial score (nSPS) is 22.2. The quantitative estimate of drug-likeness (QED) is 0.162. The maximum atomic E-state index is 2.63. The largest absolute Gasteiger partial charge is 0.0764 e. The Morgan fingerprint density at radius 2 is 1.28 bits per heavy atom. The van der Waals surface area contributed by atoms with Gasteiger partial charge in [0.15, 0.2) is 0 Å². The number of rotatable bonds is 6. The van der Waals surface area contributed by atoms with Gasteiger partial charge in [0, 0.05) is 11.8 Å². The van der Waals surface area contributed by atoms with Gasteiger partial charge in [0.1, 0.15) is 0 Å². The standard InChI is InChI=1S/C58H64/c1-36(51(38-23-29-43(30-24-38)57(5,6)7)33-37-19-27-42(28-20-37)56(2,3)4)52-45-15-11-13-17-47(45)55(48-18-14-12-16-46(48)52)50-31-25-39-21-22-40-34-44(58(8,9)10)35-41-26-32-49(50)54(39)53(40)41/h11-25,27-32,34,36,41,44-45,47,51H,26,33,35H2,1-10H3. The van der Waals surface area contributed by atoms with E-state index in [1.807, 2.05) is 0 Å².